The number of aryl methyl sites for hydroxylation is 1. The lowest BCUT2D eigenvalue weighted by molar-refractivity contribution is 0.0934. The first-order valence-corrected chi connectivity index (χ1v) is 8.64. The van der Waals surface area contributed by atoms with Gasteiger partial charge in [0, 0.05) is 10.4 Å². The summed E-state index contributed by atoms with van der Waals surface area (Å²) in [6, 6.07) is 7.29. The van der Waals surface area contributed by atoms with E-state index in [0.29, 0.717) is 11.6 Å². The van der Waals surface area contributed by atoms with Crippen LogP contribution in [0.2, 0.25) is 5.02 Å². The van der Waals surface area contributed by atoms with E-state index in [2.05, 4.69) is 20.6 Å². The molecule has 1 amide bonds. The number of hydrogen-bond donors (Lipinski definition) is 1. The van der Waals surface area contributed by atoms with Crippen molar-refractivity contribution in [2.75, 3.05) is 0 Å². The maximum atomic E-state index is 12.3. The number of carbonyl (C=O) groups is 1. The molecular formula is C16H16ClN5OS. The second-order valence-corrected chi connectivity index (χ2v) is 6.91. The van der Waals surface area contributed by atoms with Gasteiger partial charge in [-0.2, -0.15) is 0 Å². The number of rotatable bonds is 5. The summed E-state index contributed by atoms with van der Waals surface area (Å²) in [4.78, 5) is 16.7. The summed E-state index contributed by atoms with van der Waals surface area (Å²) in [5.41, 5.74) is 2.16. The molecule has 0 saturated carbocycles. The van der Waals surface area contributed by atoms with Crippen molar-refractivity contribution in [1.29, 1.82) is 0 Å². The van der Waals surface area contributed by atoms with Gasteiger partial charge < -0.3 is 5.32 Å². The Bertz CT molecular complexity index is 842. The van der Waals surface area contributed by atoms with E-state index in [4.69, 9.17) is 11.6 Å². The zero-order chi connectivity index (χ0) is 17.1. The third kappa shape index (κ3) is 3.98. The number of amides is 1. The van der Waals surface area contributed by atoms with Crippen LogP contribution in [0.5, 0.6) is 0 Å². The largest absolute Gasteiger partial charge is 0.342 e. The number of benzene rings is 1. The minimum Gasteiger partial charge on any atom is -0.342 e. The van der Waals surface area contributed by atoms with Gasteiger partial charge in [0.15, 0.2) is 5.69 Å². The van der Waals surface area contributed by atoms with Crippen LogP contribution >= 0.6 is 22.9 Å². The van der Waals surface area contributed by atoms with Crippen molar-refractivity contribution in [2.45, 2.75) is 26.4 Å². The number of nitrogens with zero attached hydrogens (tertiary/aromatic N) is 4. The molecule has 0 aliphatic heterocycles. The molecular weight excluding hydrogens is 346 g/mol. The Morgan fingerprint density at radius 1 is 1.38 bits per heavy atom. The van der Waals surface area contributed by atoms with Crippen molar-refractivity contribution >= 4 is 28.8 Å². The molecule has 0 aliphatic carbocycles. The maximum Gasteiger partial charge on any atom is 0.273 e. The molecule has 0 aliphatic rings. The van der Waals surface area contributed by atoms with Crippen molar-refractivity contribution in [1.82, 2.24) is 25.3 Å². The van der Waals surface area contributed by atoms with Crippen LogP contribution in [0.1, 0.15) is 39.7 Å². The van der Waals surface area contributed by atoms with Crippen molar-refractivity contribution in [3.8, 4) is 0 Å². The summed E-state index contributed by atoms with van der Waals surface area (Å²) in [7, 11) is 0. The van der Waals surface area contributed by atoms with Gasteiger partial charge in [-0.3, -0.25) is 4.79 Å². The van der Waals surface area contributed by atoms with Crippen LogP contribution in [-0.4, -0.2) is 25.9 Å². The molecule has 0 spiro atoms. The molecule has 3 rings (SSSR count). The van der Waals surface area contributed by atoms with Crippen LogP contribution in [0.15, 0.2) is 35.8 Å². The fraction of sp³-hybridized carbons (Fsp3) is 0.250. The minimum absolute atomic E-state index is 0.177. The fourth-order valence-electron chi connectivity index (χ4n) is 2.18. The van der Waals surface area contributed by atoms with Crippen LogP contribution in [0, 0.1) is 6.92 Å². The highest BCUT2D eigenvalue weighted by Gasteiger charge is 2.16. The Labute approximate surface area is 148 Å². The van der Waals surface area contributed by atoms with Crippen LogP contribution in [0.25, 0.3) is 0 Å². The van der Waals surface area contributed by atoms with Crippen LogP contribution in [0.3, 0.4) is 0 Å². The molecule has 2 heterocycles. The Balaban J connectivity index is 1.64. The Kier molecular flexibility index (Phi) is 4.92. The summed E-state index contributed by atoms with van der Waals surface area (Å²) >= 11 is 7.43. The van der Waals surface area contributed by atoms with Gasteiger partial charge in [0.25, 0.3) is 5.91 Å². The van der Waals surface area contributed by atoms with E-state index < -0.39 is 0 Å². The van der Waals surface area contributed by atoms with Crippen LogP contribution in [0.4, 0.5) is 0 Å². The summed E-state index contributed by atoms with van der Waals surface area (Å²) in [6.45, 7) is 4.36. The molecule has 0 saturated heterocycles. The summed E-state index contributed by atoms with van der Waals surface area (Å²) in [6.07, 6.45) is 1.63. The van der Waals surface area contributed by atoms with E-state index in [1.165, 1.54) is 0 Å². The van der Waals surface area contributed by atoms with E-state index in [1.54, 1.807) is 22.2 Å². The summed E-state index contributed by atoms with van der Waals surface area (Å²) in [5.74, 6) is -0.268. The number of carbonyl (C=O) groups excluding carboxylic acids is 1. The maximum absolute atomic E-state index is 12.3. The molecule has 24 heavy (non-hydrogen) atoms. The molecule has 8 heteroatoms. The number of thiazole rings is 1. The van der Waals surface area contributed by atoms with Gasteiger partial charge in [-0.1, -0.05) is 28.9 Å². The minimum atomic E-state index is -0.268. The van der Waals surface area contributed by atoms with Gasteiger partial charge in [0.1, 0.15) is 0 Å². The Hall–Kier alpha value is -2.25. The van der Waals surface area contributed by atoms with Gasteiger partial charge in [0.2, 0.25) is 0 Å². The Morgan fingerprint density at radius 3 is 2.79 bits per heavy atom. The lowest BCUT2D eigenvalue weighted by Crippen LogP contribution is -2.27. The number of aromatic nitrogens is 4. The van der Waals surface area contributed by atoms with Crippen molar-refractivity contribution in [3.05, 3.63) is 62.8 Å². The van der Waals surface area contributed by atoms with Crippen molar-refractivity contribution in [3.63, 3.8) is 0 Å². The zero-order valence-electron chi connectivity index (χ0n) is 13.2. The predicted molar refractivity (Wildman–Crippen MR) is 93.3 cm³/mol. The number of nitrogens with one attached hydrogen (secondary N) is 1. The third-order valence-electron chi connectivity index (χ3n) is 3.46. The highest BCUT2D eigenvalue weighted by atomic mass is 35.5. The topological polar surface area (TPSA) is 72.7 Å². The third-order valence-corrected chi connectivity index (χ3v) is 4.50. The normalized spacial score (nSPS) is 12.1. The zero-order valence-corrected chi connectivity index (χ0v) is 14.8. The Morgan fingerprint density at radius 2 is 2.12 bits per heavy atom. The lowest BCUT2D eigenvalue weighted by Gasteiger charge is -2.09. The van der Waals surface area contributed by atoms with Crippen molar-refractivity contribution < 1.29 is 4.79 Å². The molecule has 1 atom stereocenters. The smallest absolute Gasteiger partial charge is 0.273 e. The molecule has 6 nitrogen and oxygen atoms in total. The lowest BCUT2D eigenvalue weighted by atomic mass is 10.2. The highest BCUT2D eigenvalue weighted by Crippen LogP contribution is 2.16. The fourth-order valence-corrected chi connectivity index (χ4v) is 3.01. The number of halogens is 1. The molecule has 3 aromatic rings. The first kappa shape index (κ1) is 16.6. The van der Waals surface area contributed by atoms with Gasteiger partial charge in [-0.25, -0.2) is 9.67 Å². The standard InChI is InChI=1S/C16H16ClN5OS/c1-10(15-9-24-11(2)19-15)18-16(23)14-8-22(21-20-14)7-12-3-5-13(17)6-4-12/h3-6,8-10H,7H2,1-2H3,(H,18,23). The monoisotopic (exact) mass is 361 g/mol. The van der Waals surface area contributed by atoms with E-state index in [0.717, 1.165) is 16.3 Å². The van der Waals surface area contributed by atoms with Gasteiger partial charge in [0.05, 0.1) is 29.5 Å². The van der Waals surface area contributed by atoms with Gasteiger partial charge >= 0.3 is 0 Å². The quantitative estimate of drug-likeness (QED) is 0.757. The second kappa shape index (κ2) is 7.11. The molecule has 1 unspecified atom stereocenters. The molecule has 1 N–H and O–H groups in total. The van der Waals surface area contributed by atoms with E-state index in [-0.39, 0.29) is 17.6 Å². The number of hydrogen-bond acceptors (Lipinski definition) is 5. The molecule has 0 bridgehead atoms. The molecule has 124 valence electrons. The average molecular weight is 362 g/mol. The molecule has 2 aromatic heterocycles. The predicted octanol–water partition coefficient (Wildman–Crippen LogP) is 3.24. The van der Waals surface area contributed by atoms with Crippen LogP contribution < -0.4 is 5.32 Å². The SMILES string of the molecule is Cc1nc(C(C)NC(=O)c2cn(Cc3ccc(Cl)cc3)nn2)cs1. The second-order valence-electron chi connectivity index (χ2n) is 5.41. The van der Waals surface area contributed by atoms with Crippen molar-refractivity contribution in [2.24, 2.45) is 0 Å². The van der Waals surface area contributed by atoms with Gasteiger partial charge in [-0.05, 0) is 31.5 Å². The summed E-state index contributed by atoms with van der Waals surface area (Å²) in [5, 5.41) is 14.4. The summed E-state index contributed by atoms with van der Waals surface area (Å²) < 4.78 is 1.62. The van der Waals surface area contributed by atoms with E-state index in [9.17, 15) is 4.79 Å². The first-order chi connectivity index (χ1) is 11.5. The first-order valence-electron chi connectivity index (χ1n) is 7.39. The van der Waals surface area contributed by atoms with E-state index in [1.807, 2.05) is 43.5 Å². The molecule has 0 fully saturated rings. The molecule has 0 radical (unpaired) electrons. The van der Waals surface area contributed by atoms with Gasteiger partial charge in [-0.15, -0.1) is 16.4 Å². The highest BCUT2D eigenvalue weighted by molar-refractivity contribution is 7.09. The van der Waals surface area contributed by atoms with E-state index >= 15 is 0 Å². The average Bonchev–Trinajstić information content (AvgIpc) is 3.19. The van der Waals surface area contributed by atoms with Crippen LogP contribution in [-0.2, 0) is 6.54 Å². The molecule has 1 aromatic carbocycles.